The summed E-state index contributed by atoms with van der Waals surface area (Å²) in [7, 11) is 0. The van der Waals surface area contributed by atoms with Crippen molar-refractivity contribution in [2.45, 2.75) is 13.3 Å². The van der Waals surface area contributed by atoms with E-state index in [1.165, 1.54) is 0 Å². The van der Waals surface area contributed by atoms with Gasteiger partial charge < -0.3 is 10.6 Å². The number of pyridine rings is 2. The van der Waals surface area contributed by atoms with Crippen LogP contribution in [0, 0.1) is 18.3 Å². The van der Waals surface area contributed by atoms with E-state index in [4.69, 9.17) is 5.26 Å². The lowest BCUT2D eigenvalue weighted by Gasteiger charge is -2.08. The summed E-state index contributed by atoms with van der Waals surface area (Å²) in [4.78, 5) is 8.42. The number of rotatable bonds is 6. The van der Waals surface area contributed by atoms with E-state index in [1.54, 1.807) is 18.3 Å². The van der Waals surface area contributed by atoms with E-state index < -0.39 is 0 Å². The van der Waals surface area contributed by atoms with Crippen molar-refractivity contribution in [3.8, 4) is 6.07 Å². The van der Waals surface area contributed by atoms with Gasteiger partial charge in [-0.15, -0.1) is 0 Å². The van der Waals surface area contributed by atoms with Crippen molar-refractivity contribution < 1.29 is 0 Å². The molecule has 2 rings (SSSR count). The summed E-state index contributed by atoms with van der Waals surface area (Å²) in [6, 6.07) is 9.63. The first-order valence-corrected chi connectivity index (χ1v) is 6.55. The van der Waals surface area contributed by atoms with Gasteiger partial charge >= 0.3 is 0 Å². The zero-order valence-electron chi connectivity index (χ0n) is 11.4. The van der Waals surface area contributed by atoms with Crippen LogP contribution in [-0.2, 0) is 0 Å². The fourth-order valence-electron chi connectivity index (χ4n) is 1.72. The standard InChI is InChI=1S/C15H17N5/c1-12-5-6-14(20-11-12)17-8-3-9-19-15-13(10-16)4-2-7-18-15/h2,4-7,11H,3,8-9H2,1H3,(H,17,20)(H,18,19). The molecule has 0 spiro atoms. The van der Waals surface area contributed by atoms with E-state index in [2.05, 4.69) is 26.7 Å². The monoisotopic (exact) mass is 267 g/mol. The Bertz CT molecular complexity index is 586. The molecule has 0 saturated heterocycles. The highest BCUT2D eigenvalue weighted by Gasteiger charge is 2.00. The lowest BCUT2D eigenvalue weighted by Crippen LogP contribution is -2.11. The van der Waals surface area contributed by atoms with Crippen LogP contribution in [-0.4, -0.2) is 23.1 Å². The molecule has 0 radical (unpaired) electrons. The lowest BCUT2D eigenvalue weighted by atomic mass is 10.3. The summed E-state index contributed by atoms with van der Waals surface area (Å²) in [6.45, 7) is 3.59. The average molecular weight is 267 g/mol. The number of nitrogens with zero attached hydrogens (tertiary/aromatic N) is 3. The summed E-state index contributed by atoms with van der Waals surface area (Å²) >= 11 is 0. The summed E-state index contributed by atoms with van der Waals surface area (Å²) in [5, 5.41) is 15.4. The largest absolute Gasteiger partial charge is 0.370 e. The Hall–Kier alpha value is -2.61. The molecule has 0 fully saturated rings. The van der Waals surface area contributed by atoms with E-state index >= 15 is 0 Å². The molecule has 0 aliphatic heterocycles. The van der Waals surface area contributed by atoms with Gasteiger partial charge in [0, 0.05) is 25.5 Å². The summed E-state index contributed by atoms with van der Waals surface area (Å²) in [5.41, 5.74) is 1.72. The van der Waals surface area contributed by atoms with Crippen molar-refractivity contribution >= 4 is 11.6 Å². The summed E-state index contributed by atoms with van der Waals surface area (Å²) in [5.74, 6) is 1.52. The third-order valence-corrected chi connectivity index (χ3v) is 2.79. The average Bonchev–Trinajstić information content (AvgIpc) is 2.49. The van der Waals surface area contributed by atoms with Crippen molar-refractivity contribution in [3.05, 3.63) is 47.8 Å². The third kappa shape index (κ3) is 3.95. The number of hydrogen-bond donors (Lipinski definition) is 2. The first kappa shape index (κ1) is 13.8. The van der Waals surface area contributed by atoms with Gasteiger partial charge in [-0.25, -0.2) is 9.97 Å². The smallest absolute Gasteiger partial charge is 0.143 e. The molecule has 0 aromatic carbocycles. The van der Waals surface area contributed by atoms with E-state index in [0.29, 0.717) is 11.4 Å². The molecule has 0 aliphatic carbocycles. The quantitative estimate of drug-likeness (QED) is 0.787. The Labute approximate surface area is 118 Å². The molecule has 0 amide bonds. The molecule has 0 saturated carbocycles. The van der Waals surface area contributed by atoms with Crippen LogP contribution in [0.25, 0.3) is 0 Å². The topological polar surface area (TPSA) is 73.6 Å². The van der Waals surface area contributed by atoms with Crippen LogP contribution in [0.3, 0.4) is 0 Å². The minimum atomic E-state index is 0.570. The highest BCUT2D eigenvalue weighted by atomic mass is 15.0. The molecule has 5 heteroatoms. The van der Waals surface area contributed by atoms with Gasteiger partial charge in [-0.1, -0.05) is 6.07 Å². The molecular weight excluding hydrogens is 250 g/mol. The lowest BCUT2D eigenvalue weighted by molar-refractivity contribution is 0.897. The van der Waals surface area contributed by atoms with Crippen LogP contribution >= 0.6 is 0 Å². The van der Waals surface area contributed by atoms with Gasteiger partial charge in [0.2, 0.25) is 0 Å². The Kier molecular flexibility index (Phi) is 4.90. The van der Waals surface area contributed by atoms with Gasteiger partial charge in [0.15, 0.2) is 0 Å². The zero-order chi connectivity index (χ0) is 14.2. The van der Waals surface area contributed by atoms with Crippen LogP contribution in [0.4, 0.5) is 11.6 Å². The van der Waals surface area contributed by atoms with Crippen molar-refractivity contribution in [3.63, 3.8) is 0 Å². The van der Waals surface area contributed by atoms with E-state index in [1.807, 2.05) is 25.3 Å². The molecule has 20 heavy (non-hydrogen) atoms. The van der Waals surface area contributed by atoms with Crippen molar-refractivity contribution in [1.29, 1.82) is 5.26 Å². The Morgan fingerprint density at radius 3 is 2.75 bits per heavy atom. The van der Waals surface area contributed by atoms with Crippen molar-refractivity contribution in [1.82, 2.24) is 9.97 Å². The number of aryl methyl sites for hydroxylation is 1. The second-order valence-electron chi connectivity index (χ2n) is 4.44. The number of nitriles is 1. The number of aromatic nitrogens is 2. The molecule has 0 atom stereocenters. The third-order valence-electron chi connectivity index (χ3n) is 2.79. The number of nitrogens with one attached hydrogen (secondary N) is 2. The number of anilines is 2. The van der Waals surface area contributed by atoms with E-state index in [0.717, 1.165) is 30.9 Å². The molecule has 5 nitrogen and oxygen atoms in total. The Morgan fingerprint density at radius 2 is 2.00 bits per heavy atom. The second kappa shape index (κ2) is 7.10. The maximum Gasteiger partial charge on any atom is 0.143 e. The van der Waals surface area contributed by atoms with Crippen LogP contribution in [0.1, 0.15) is 17.5 Å². The molecule has 2 N–H and O–H groups in total. The highest BCUT2D eigenvalue weighted by molar-refractivity contribution is 5.51. The first-order chi connectivity index (χ1) is 9.79. The van der Waals surface area contributed by atoms with Gasteiger partial charge in [0.1, 0.15) is 17.7 Å². The number of hydrogen-bond acceptors (Lipinski definition) is 5. The Morgan fingerprint density at radius 1 is 1.15 bits per heavy atom. The fourth-order valence-corrected chi connectivity index (χ4v) is 1.72. The van der Waals surface area contributed by atoms with Crippen molar-refractivity contribution in [2.24, 2.45) is 0 Å². The normalized spacial score (nSPS) is 9.80. The van der Waals surface area contributed by atoms with E-state index in [9.17, 15) is 0 Å². The van der Waals surface area contributed by atoms with Gasteiger partial charge in [0.05, 0.1) is 5.56 Å². The minimum Gasteiger partial charge on any atom is -0.370 e. The molecule has 102 valence electrons. The summed E-state index contributed by atoms with van der Waals surface area (Å²) < 4.78 is 0. The maximum atomic E-state index is 8.94. The van der Waals surface area contributed by atoms with Crippen molar-refractivity contribution in [2.75, 3.05) is 23.7 Å². The second-order valence-corrected chi connectivity index (χ2v) is 4.44. The SMILES string of the molecule is Cc1ccc(NCCCNc2ncccc2C#N)nc1. The van der Waals surface area contributed by atoms with Crippen LogP contribution in [0.5, 0.6) is 0 Å². The van der Waals surface area contributed by atoms with Crippen LogP contribution in [0.2, 0.25) is 0 Å². The maximum absolute atomic E-state index is 8.94. The van der Waals surface area contributed by atoms with Crippen LogP contribution < -0.4 is 10.6 Å². The predicted molar refractivity (Wildman–Crippen MR) is 79.5 cm³/mol. The highest BCUT2D eigenvalue weighted by Crippen LogP contribution is 2.09. The van der Waals surface area contributed by atoms with Crippen LogP contribution in [0.15, 0.2) is 36.7 Å². The van der Waals surface area contributed by atoms with Gasteiger partial charge in [-0.3, -0.25) is 0 Å². The van der Waals surface area contributed by atoms with Gasteiger partial charge in [-0.2, -0.15) is 5.26 Å². The molecule has 0 unspecified atom stereocenters. The fraction of sp³-hybridized carbons (Fsp3) is 0.267. The molecular formula is C15H17N5. The molecule has 2 heterocycles. The first-order valence-electron chi connectivity index (χ1n) is 6.55. The zero-order valence-corrected chi connectivity index (χ0v) is 11.4. The van der Waals surface area contributed by atoms with Gasteiger partial charge in [0.25, 0.3) is 0 Å². The van der Waals surface area contributed by atoms with Gasteiger partial charge in [-0.05, 0) is 37.1 Å². The molecule has 0 aliphatic rings. The molecule has 0 bridgehead atoms. The minimum absolute atomic E-state index is 0.570. The Balaban J connectivity index is 1.72. The molecule has 2 aromatic rings. The predicted octanol–water partition coefficient (Wildman–Crippen LogP) is 2.57. The van der Waals surface area contributed by atoms with E-state index in [-0.39, 0.29) is 0 Å². The summed E-state index contributed by atoms with van der Waals surface area (Å²) in [6.07, 6.45) is 4.43. The molecule has 2 aromatic heterocycles.